The second kappa shape index (κ2) is 8.98. The van der Waals surface area contributed by atoms with Gasteiger partial charge in [0, 0.05) is 0 Å². The van der Waals surface area contributed by atoms with E-state index in [-0.39, 0.29) is 11.6 Å². The molecule has 4 nitrogen and oxygen atoms in total. The topological polar surface area (TPSA) is 47.6 Å². The van der Waals surface area contributed by atoms with E-state index in [1.165, 1.54) is 23.8 Å². The van der Waals surface area contributed by atoms with Crippen molar-refractivity contribution in [3.63, 3.8) is 0 Å². The predicted molar refractivity (Wildman–Crippen MR) is 108 cm³/mol. The van der Waals surface area contributed by atoms with Crippen LogP contribution in [0.5, 0.6) is 0 Å². The van der Waals surface area contributed by atoms with Gasteiger partial charge < -0.3 is 14.8 Å². The van der Waals surface area contributed by atoms with Crippen molar-refractivity contribution in [3.8, 4) is 0 Å². The highest BCUT2D eigenvalue weighted by Gasteiger charge is 2.34. The van der Waals surface area contributed by atoms with Crippen LogP contribution in [0.15, 0.2) is 72.4 Å². The first kappa shape index (κ1) is 19.3. The van der Waals surface area contributed by atoms with E-state index in [1.807, 2.05) is 36.4 Å². The first-order valence-corrected chi connectivity index (χ1v) is 9.38. The van der Waals surface area contributed by atoms with E-state index in [0.29, 0.717) is 12.2 Å². The van der Waals surface area contributed by atoms with Gasteiger partial charge in [-0.15, -0.1) is 0 Å². The normalized spacial score (nSPS) is 20.6. The van der Waals surface area contributed by atoms with Gasteiger partial charge in [-0.05, 0) is 67.3 Å². The second-order valence-corrected chi connectivity index (χ2v) is 6.95. The highest BCUT2D eigenvalue weighted by molar-refractivity contribution is 5.89. The van der Waals surface area contributed by atoms with Gasteiger partial charge in [0.05, 0.1) is 24.9 Å². The smallest absolute Gasteiger partial charge is 0.337 e. The molecule has 3 rings (SSSR count). The Morgan fingerprint density at radius 1 is 1.26 bits per heavy atom. The van der Waals surface area contributed by atoms with Crippen molar-refractivity contribution in [2.75, 3.05) is 26.8 Å². The van der Waals surface area contributed by atoms with E-state index in [1.54, 1.807) is 6.08 Å². The van der Waals surface area contributed by atoms with Crippen LogP contribution < -0.4 is 5.32 Å². The molecule has 1 saturated heterocycles. The number of piperidine rings is 1. The lowest BCUT2D eigenvalue weighted by molar-refractivity contribution is -0.0231. The van der Waals surface area contributed by atoms with Crippen molar-refractivity contribution in [2.24, 2.45) is 0 Å². The number of carbonyl (C=O) groups excluding carboxylic acids is 1. The van der Waals surface area contributed by atoms with Crippen LogP contribution >= 0.6 is 0 Å². The van der Waals surface area contributed by atoms with Gasteiger partial charge >= 0.3 is 5.97 Å². The van der Waals surface area contributed by atoms with Crippen LogP contribution in [0.2, 0.25) is 0 Å². The maximum absolute atomic E-state index is 11.6. The zero-order valence-electron chi connectivity index (χ0n) is 15.9. The summed E-state index contributed by atoms with van der Waals surface area (Å²) in [6.07, 6.45) is 12.9. The molecule has 0 unspecified atom stereocenters. The van der Waals surface area contributed by atoms with Crippen molar-refractivity contribution >= 4 is 5.97 Å². The molecule has 4 heteroatoms. The van der Waals surface area contributed by atoms with Gasteiger partial charge in [-0.3, -0.25) is 0 Å². The number of methoxy groups -OCH3 is 1. The Kier molecular flexibility index (Phi) is 6.43. The summed E-state index contributed by atoms with van der Waals surface area (Å²) in [5.74, 6) is -0.310. The minimum atomic E-state index is -0.310. The van der Waals surface area contributed by atoms with E-state index >= 15 is 0 Å². The summed E-state index contributed by atoms with van der Waals surface area (Å²) in [5, 5.41) is 3.41. The van der Waals surface area contributed by atoms with E-state index in [4.69, 9.17) is 9.47 Å². The first-order valence-electron chi connectivity index (χ1n) is 9.38. The average molecular weight is 365 g/mol. The van der Waals surface area contributed by atoms with Gasteiger partial charge in [0.15, 0.2) is 0 Å². The van der Waals surface area contributed by atoms with Crippen molar-refractivity contribution in [2.45, 2.75) is 24.9 Å². The molecule has 142 valence electrons. The minimum Gasteiger partial charge on any atom is -0.465 e. The lowest BCUT2D eigenvalue weighted by Crippen LogP contribution is -2.45. The fourth-order valence-electron chi connectivity index (χ4n) is 3.57. The molecule has 0 saturated carbocycles. The molecule has 0 aliphatic carbocycles. The van der Waals surface area contributed by atoms with Crippen LogP contribution in [0.4, 0.5) is 0 Å². The van der Waals surface area contributed by atoms with E-state index in [9.17, 15) is 4.79 Å². The molecule has 2 aliphatic rings. The summed E-state index contributed by atoms with van der Waals surface area (Å²) in [7, 11) is 1.40. The SMILES string of the molecule is C=C/C=C\C=C1/COC2(C=C1Cc1ccc(C(=O)OC)cc1)CCNCC2. The van der Waals surface area contributed by atoms with E-state index < -0.39 is 0 Å². The van der Waals surface area contributed by atoms with Crippen LogP contribution in [-0.2, 0) is 15.9 Å². The number of benzene rings is 1. The van der Waals surface area contributed by atoms with Gasteiger partial charge in [0.1, 0.15) is 0 Å². The fraction of sp³-hybridized carbons (Fsp3) is 0.348. The minimum absolute atomic E-state index is 0.161. The monoisotopic (exact) mass is 365 g/mol. The molecule has 1 aromatic carbocycles. The Balaban J connectivity index is 1.86. The Labute approximate surface area is 161 Å². The Bertz CT molecular complexity index is 765. The number of rotatable bonds is 5. The van der Waals surface area contributed by atoms with Crippen LogP contribution in [0.25, 0.3) is 0 Å². The highest BCUT2D eigenvalue weighted by Crippen LogP contribution is 2.34. The molecular weight excluding hydrogens is 338 g/mol. The van der Waals surface area contributed by atoms with Crippen LogP contribution in [-0.4, -0.2) is 38.4 Å². The van der Waals surface area contributed by atoms with Crippen LogP contribution in [0, 0.1) is 0 Å². The molecule has 2 heterocycles. The Morgan fingerprint density at radius 3 is 2.67 bits per heavy atom. The number of ether oxygens (including phenoxy) is 2. The van der Waals surface area contributed by atoms with Crippen molar-refractivity contribution in [1.29, 1.82) is 0 Å². The molecule has 1 N–H and O–H groups in total. The van der Waals surface area contributed by atoms with E-state index in [0.717, 1.165) is 32.4 Å². The molecule has 2 aliphatic heterocycles. The number of nitrogens with one attached hydrogen (secondary N) is 1. The standard InChI is InChI=1S/C23H27NO3/c1-3-4-5-6-20-17-27-23(11-13-24-14-12-23)16-21(20)15-18-7-9-19(10-8-18)22(25)26-2/h3-10,16,24H,1,11-15,17H2,2H3/b5-4-,20-6+. The molecule has 0 bridgehead atoms. The van der Waals surface area contributed by atoms with E-state index in [2.05, 4.69) is 24.0 Å². The van der Waals surface area contributed by atoms with Gasteiger partial charge in [-0.25, -0.2) is 4.79 Å². The molecular formula is C23H27NO3. The van der Waals surface area contributed by atoms with Gasteiger partial charge in [0.2, 0.25) is 0 Å². The van der Waals surface area contributed by atoms with Crippen molar-refractivity contribution < 1.29 is 14.3 Å². The molecule has 1 aromatic rings. The summed E-state index contributed by atoms with van der Waals surface area (Å²) in [6.45, 7) is 6.30. The average Bonchev–Trinajstić information content (AvgIpc) is 2.70. The first-order chi connectivity index (χ1) is 13.2. The lowest BCUT2D eigenvalue weighted by atomic mass is 9.84. The molecule has 0 atom stereocenters. The van der Waals surface area contributed by atoms with Gasteiger partial charge in [-0.2, -0.15) is 0 Å². The summed E-state index contributed by atoms with van der Waals surface area (Å²) < 4.78 is 11.1. The number of hydrogen-bond acceptors (Lipinski definition) is 4. The largest absolute Gasteiger partial charge is 0.465 e. The molecule has 1 spiro atoms. The lowest BCUT2D eigenvalue weighted by Gasteiger charge is -2.39. The van der Waals surface area contributed by atoms with Gasteiger partial charge in [0.25, 0.3) is 0 Å². The number of allylic oxidation sites excluding steroid dienone is 4. The number of hydrogen-bond donors (Lipinski definition) is 1. The van der Waals surface area contributed by atoms with Gasteiger partial charge in [-0.1, -0.05) is 43.0 Å². The molecule has 27 heavy (non-hydrogen) atoms. The van der Waals surface area contributed by atoms with Crippen molar-refractivity contribution in [1.82, 2.24) is 5.32 Å². The molecule has 0 aromatic heterocycles. The molecule has 0 amide bonds. The number of carbonyl (C=O) groups is 1. The Hall–Kier alpha value is -2.43. The summed E-state index contributed by atoms with van der Waals surface area (Å²) >= 11 is 0. The quantitative estimate of drug-likeness (QED) is 0.637. The second-order valence-electron chi connectivity index (χ2n) is 6.95. The molecule has 1 fully saturated rings. The number of esters is 1. The molecule has 0 radical (unpaired) electrons. The fourth-order valence-corrected chi connectivity index (χ4v) is 3.57. The predicted octanol–water partition coefficient (Wildman–Crippen LogP) is 3.76. The summed E-state index contributed by atoms with van der Waals surface area (Å²) in [6, 6.07) is 7.63. The maximum atomic E-state index is 11.6. The third kappa shape index (κ3) is 4.85. The third-order valence-electron chi connectivity index (χ3n) is 5.13. The van der Waals surface area contributed by atoms with Crippen LogP contribution in [0.1, 0.15) is 28.8 Å². The summed E-state index contributed by atoms with van der Waals surface area (Å²) in [5.41, 5.74) is 4.06. The highest BCUT2D eigenvalue weighted by atomic mass is 16.5. The van der Waals surface area contributed by atoms with Crippen molar-refractivity contribution in [3.05, 3.63) is 83.5 Å². The summed E-state index contributed by atoms with van der Waals surface area (Å²) in [4.78, 5) is 11.6. The maximum Gasteiger partial charge on any atom is 0.337 e. The Morgan fingerprint density at radius 2 is 2.00 bits per heavy atom. The zero-order chi connectivity index (χ0) is 19.1. The van der Waals surface area contributed by atoms with Crippen LogP contribution in [0.3, 0.4) is 0 Å². The third-order valence-corrected chi connectivity index (χ3v) is 5.13. The zero-order valence-corrected chi connectivity index (χ0v) is 15.9.